The molecule has 10 heteroatoms. The summed E-state index contributed by atoms with van der Waals surface area (Å²) in [6.45, 7) is 1.36. The van der Waals surface area contributed by atoms with Crippen LogP contribution in [0.15, 0.2) is 35.4 Å². The van der Waals surface area contributed by atoms with Crippen molar-refractivity contribution >= 4 is 39.0 Å². The number of rotatable bonds is 4. The minimum absolute atomic E-state index is 0. The molecule has 1 fully saturated rings. The smallest absolute Gasteiger partial charge is 0.278 e. The fourth-order valence-corrected chi connectivity index (χ4v) is 4.33. The van der Waals surface area contributed by atoms with Gasteiger partial charge in [0, 0.05) is 31.9 Å². The molecule has 3 rings (SSSR count). The number of halogens is 1. The highest BCUT2D eigenvalue weighted by Crippen LogP contribution is 2.31. The van der Waals surface area contributed by atoms with Crippen molar-refractivity contribution < 1.29 is 13.3 Å². The fraction of sp³-hybridized carbons (Fsp3) is 0.357. The van der Waals surface area contributed by atoms with Gasteiger partial charge in [-0.05, 0) is 31.2 Å². The lowest BCUT2D eigenvalue weighted by Crippen LogP contribution is -2.38. The summed E-state index contributed by atoms with van der Waals surface area (Å²) in [6, 6.07) is 5.42. The Bertz CT molecular complexity index is 868. The molecule has 1 aromatic heterocycles. The van der Waals surface area contributed by atoms with Gasteiger partial charge in [0.2, 0.25) is 10.0 Å². The van der Waals surface area contributed by atoms with Gasteiger partial charge in [-0.25, -0.2) is 8.42 Å². The van der Waals surface area contributed by atoms with Gasteiger partial charge in [-0.1, -0.05) is 0 Å². The molecule has 1 saturated heterocycles. The number of hydrogen-bond acceptors (Lipinski definition) is 6. The number of nitrogens with zero attached hydrogens (tertiary/aromatic N) is 3. The molecule has 0 spiro atoms. The van der Waals surface area contributed by atoms with Gasteiger partial charge in [0.1, 0.15) is 4.90 Å². The zero-order valence-corrected chi connectivity index (χ0v) is 14.5. The molecule has 0 radical (unpaired) electrons. The Hall–Kier alpha value is -1.81. The van der Waals surface area contributed by atoms with Gasteiger partial charge in [-0.2, -0.15) is 4.31 Å². The van der Waals surface area contributed by atoms with Crippen LogP contribution in [0.25, 0.3) is 10.9 Å². The quantitative estimate of drug-likeness (QED) is 0.644. The number of hydrogen-bond donors (Lipinski definition) is 1. The van der Waals surface area contributed by atoms with Crippen LogP contribution in [0.1, 0.15) is 6.42 Å². The summed E-state index contributed by atoms with van der Waals surface area (Å²) >= 11 is 0. The van der Waals surface area contributed by atoms with Crippen LogP contribution in [0, 0.1) is 10.1 Å². The number of nitro groups is 1. The largest absolute Gasteiger partial charge is 0.315 e. The SMILES string of the molecule is CN(C1CCNC1)S(=O)(=O)c1ccc([N+](=O)[O-])c2cccnc12.Cl. The topological polar surface area (TPSA) is 105 Å². The predicted molar refractivity (Wildman–Crippen MR) is 91.9 cm³/mol. The summed E-state index contributed by atoms with van der Waals surface area (Å²) in [5.74, 6) is 0. The van der Waals surface area contributed by atoms with Crippen molar-refractivity contribution in [2.24, 2.45) is 0 Å². The van der Waals surface area contributed by atoms with Crippen LogP contribution in [0.3, 0.4) is 0 Å². The molecule has 0 bridgehead atoms. The number of fused-ring (bicyclic) bond motifs is 1. The molecule has 1 unspecified atom stereocenters. The van der Waals surface area contributed by atoms with E-state index in [1.165, 1.54) is 35.7 Å². The molecule has 1 N–H and O–H groups in total. The number of pyridine rings is 1. The maximum Gasteiger partial charge on any atom is 0.278 e. The van der Waals surface area contributed by atoms with E-state index in [4.69, 9.17) is 0 Å². The van der Waals surface area contributed by atoms with Crippen LogP contribution in [0.2, 0.25) is 0 Å². The second-order valence-electron chi connectivity index (χ2n) is 5.41. The molecule has 0 amide bonds. The van der Waals surface area contributed by atoms with Crippen molar-refractivity contribution in [3.05, 3.63) is 40.6 Å². The van der Waals surface area contributed by atoms with Crippen molar-refractivity contribution in [3.63, 3.8) is 0 Å². The summed E-state index contributed by atoms with van der Waals surface area (Å²) in [6.07, 6.45) is 2.16. The van der Waals surface area contributed by atoms with Gasteiger partial charge in [-0.15, -0.1) is 12.4 Å². The molecular formula is C14H17ClN4O4S. The molecule has 1 aliphatic heterocycles. The van der Waals surface area contributed by atoms with E-state index in [2.05, 4.69) is 10.3 Å². The van der Waals surface area contributed by atoms with Crippen LogP contribution in [0.4, 0.5) is 5.69 Å². The highest BCUT2D eigenvalue weighted by molar-refractivity contribution is 7.89. The second-order valence-corrected chi connectivity index (χ2v) is 7.37. The average Bonchev–Trinajstić information content (AvgIpc) is 3.07. The molecule has 2 heterocycles. The van der Waals surface area contributed by atoms with Crippen molar-refractivity contribution in [1.82, 2.24) is 14.6 Å². The van der Waals surface area contributed by atoms with E-state index in [0.717, 1.165) is 13.0 Å². The zero-order valence-electron chi connectivity index (χ0n) is 12.9. The van der Waals surface area contributed by atoms with E-state index in [9.17, 15) is 18.5 Å². The fourth-order valence-electron chi connectivity index (χ4n) is 2.80. The monoisotopic (exact) mass is 372 g/mol. The maximum atomic E-state index is 12.9. The summed E-state index contributed by atoms with van der Waals surface area (Å²) in [7, 11) is -2.25. The van der Waals surface area contributed by atoms with Crippen molar-refractivity contribution in [1.29, 1.82) is 0 Å². The summed E-state index contributed by atoms with van der Waals surface area (Å²) in [5, 5.41) is 14.5. The van der Waals surface area contributed by atoms with Crippen LogP contribution in [-0.2, 0) is 10.0 Å². The van der Waals surface area contributed by atoms with Gasteiger partial charge < -0.3 is 5.32 Å². The Morgan fingerprint density at radius 3 is 2.75 bits per heavy atom. The first-order valence-electron chi connectivity index (χ1n) is 7.14. The third-order valence-electron chi connectivity index (χ3n) is 4.11. The number of nitro benzene ring substituents is 1. The molecule has 8 nitrogen and oxygen atoms in total. The van der Waals surface area contributed by atoms with E-state index in [1.54, 1.807) is 6.07 Å². The molecule has 0 saturated carbocycles. The number of benzene rings is 1. The number of aromatic nitrogens is 1. The van der Waals surface area contributed by atoms with Crippen LogP contribution >= 0.6 is 12.4 Å². The van der Waals surface area contributed by atoms with E-state index in [0.29, 0.717) is 6.54 Å². The molecular weight excluding hydrogens is 356 g/mol. The highest BCUT2D eigenvalue weighted by atomic mass is 35.5. The normalized spacial score (nSPS) is 17.8. The maximum absolute atomic E-state index is 12.9. The van der Waals surface area contributed by atoms with E-state index in [1.807, 2.05) is 0 Å². The van der Waals surface area contributed by atoms with Gasteiger partial charge in [0.15, 0.2) is 0 Å². The van der Waals surface area contributed by atoms with Crippen molar-refractivity contribution in [3.8, 4) is 0 Å². The van der Waals surface area contributed by atoms with Gasteiger partial charge in [0.25, 0.3) is 5.69 Å². The number of nitrogens with one attached hydrogen (secondary N) is 1. The molecule has 1 atom stereocenters. The van der Waals surface area contributed by atoms with Gasteiger partial charge in [-0.3, -0.25) is 15.1 Å². The summed E-state index contributed by atoms with van der Waals surface area (Å²) in [5.41, 5.74) is -0.0308. The first kappa shape index (κ1) is 18.5. The summed E-state index contributed by atoms with van der Waals surface area (Å²) in [4.78, 5) is 14.7. The Morgan fingerprint density at radius 1 is 1.38 bits per heavy atom. The lowest BCUT2D eigenvalue weighted by molar-refractivity contribution is -0.383. The van der Waals surface area contributed by atoms with E-state index >= 15 is 0 Å². The lowest BCUT2D eigenvalue weighted by Gasteiger charge is -2.23. The molecule has 1 aromatic carbocycles. The molecule has 1 aliphatic rings. The summed E-state index contributed by atoms with van der Waals surface area (Å²) < 4.78 is 27.1. The Balaban J connectivity index is 0.00000208. The van der Waals surface area contributed by atoms with E-state index in [-0.39, 0.29) is 39.9 Å². The molecule has 24 heavy (non-hydrogen) atoms. The first-order valence-corrected chi connectivity index (χ1v) is 8.58. The standard InChI is InChI=1S/C14H16N4O4S.ClH/c1-17(10-6-8-15-9-10)23(21,22)13-5-4-12(18(19)20)11-3-2-7-16-14(11)13;/h2-5,7,10,15H,6,8-9H2,1H3;1H. The third-order valence-corrected chi connectivity index (χ3v) is 6.05. The van der Waals surface area contributed by atoms with Crippen molar-refractivity contribution in [2.75, 3.05) is 20.1 Å². The predicted octanol–water partition coefficient (Wildman–Crippen LogP) is 1.55. The Kier molecular flexibility index (Phi) is 5.38. The van der Waals surface area contributed by atoms with Gasteiger partial charge in [0.05, 0.1) is 15.8 Å². The van der Waals surface area contributed by atoms with Crippen molar-refractivity contribution in [2.45, 2.75) is 17.4 Å². The zero-order chi connectivity index (χ0) is 16.6. The molecule has 0 aliphatic carbocycles. The van der Waals surface area contributed by atoms with Crippen LogP contribution < -0.4 is 5.32 Å². The minimum atomic E-state index is -3.78. The Morgan fingerprint density at radius 2 is 2.12 bits per heavy atom. The highest BCUT2D eigenvalue weighted by Gasteiger charge is 2.32. The number of likely N-dealkylation sites (N-methyl/N-ethyl adjacent to an activating group) is 1. The Labute approximate surface area is 145 Å². The van der Waals surface area contributed by atoms with Crippen LogP contribution in [0.5, 0.6) is 0 Å². The van der Waals surface area contributed by atoms with E-state index < -0.39 is 14.9 Å². The van der Waals surface area contributed by atoms with Crippen LogP contribution in [-0.4, -0.2) is 48.8 Å². The number of sulfonamides is 1. The third kappa shape index (κ3) is 3.07. The first-order chi connectivity index (χ1) is 10.9. The minimum Gasteiger partial charge on any atom is -0.315 e. The average molecular weight is 373 g/mol. The second kappa shape index (κ2) is 6.98. The number of non-ortho nitro benzene ring substituents is 1. The molecule has 130 valence electrons. The lowest BCUT2D eigenvalue weighted by atomic mass is 10.2. The molecule has 2 aromatic rings. The van der Waals surface area contributed by atoms with Gasteiger partial charge >= 0.3 is 0 Å².